The summed E-state index contributed by atoms with van der Waals surface area (Å²) in [5.41, 5.74) is -0.238. The number of hydrogen-bond acceptors (Lipinski definition) is 3. The van der Waals surface area contributed by atoms with Crippen LogP contribution in [-0.4, -0.2) is 36.8 Å². The molecule has 0 aromatic carbocycles. The molecule has 0 radical (unpaired) electrons. The molecule has 1 fully saturated rings. The summed E-state index contributed by atoms with van der Waals surface area (Å²) in [6.07, 6.45) is 2.84. The van der Waals surface area contributed by atoms with Gasteiger partial charge in [0.25, 0.3) is 0 Å². The summed E-state index contributed by atoms with van der Waals surface area (Å²) in [6, 6.07) is -0.146. The van der Waals surface area contributed by atoms with Crippen molar-refractivity contribution in [3.63, 3.8) is 0 Å². The van der Waals surface area contributed by atoms with Gasteiger partial charge < -0.3 is 15.7 Å². The van der Waals surface area contributed by atoms with E-state index in [-0.39, 0.29) is 24.0 Å². The van der Waals surface area contributed by atoms with E-state index >= 15 is 0 Å². The number of hydrogen-bond donors (Lipinski definition) is 3. The first-order chi connectivity index (χ1) is 7.14. The standard InChI is InChI=1S/C11H22N2O2/c1-3-4-11(5-6-12-8-11)10(15)13-9(2)7-14/h9,12,14H,3-8H2,1-2H3,(H,13,15)/t9-,11?/m0/s1. The predicted octanol–water partition coefficient (Wildman–Crippen LogP) is 0.263. The first-order valence-electron chi connectivity index (χ1n) is 5.77. The Hall–Kier alpha value is -0.610. The van der Waals surface area contributed by atoms with Gasteiger partial charge in [-0.3, -0.25) is 4.79 Å². The van der Waals surface area contributed by atoms with Crippen LogP contribution in [0.2, 0.25) is 0 Å². The van der Waals surface area contributed by atoms with Crippen LogP contribution >= 0.6 is 0 Å². The fourth-order valence-electron chi connectivity index (χ4n) is 2.17. The van der Waals surface area contributed by atoms with Crippen LogP contribution in [0.25, 0.3) is 0 Å². The maximum Gasteiger partial charge on any atom is 0.227 e. The number of carbonyl (C=O) groups is 1. The van der Waals surface area contributed by atoms with Crippen molar-refractivity contribution in [2.75, 3.05) is 19.7 Å². The molecule has 0 saturated carbocycles. The molecule has 4 heteroatoms. The lowest BCUT2D eigenvalue weighted by Crippen LogP contribution is -2.46. The van der Waals surface area contributed by atoms with Crippen molar-refractivity contribution in [3.8, 4) is 0 Å². The lowest BCUT2D eigenvalue weighted by atomic mass is 9.81. The number of rotatable bonds is 5. The van der Waals surface area contributed by atoms with Gasteiger partial charge in [0, 0.05) is 12.6 Å². The van der Waals surface area contributed by atoms with Gasteiger partial charge in [-0.1, -0.05) is 13.3 Å². The predicted molar refractivity (Wildman–Crippen MR) is 59.5 cm³/mol. The van der Waals surface area contributed by atoms with Crippen molar-refractivity contribution in [1.82, 2.24) is 10.6 Å². The second-order valence-corrected chi connectivity index (χ2v) is 4.51. The summed E-state index contributed by atoms with van der Waals surface area (Å²) in [5.74, 6) is 0.0934. The Morgan fingerprint density at radius 3 is 2.87 bits per heavy atom. The van der Waals surface area contributed by atoms with Gasteiger partial charge in [0.2, 0.25) is 5.91 Å². The summed E-state index contributed by atoms with van der Waals surface area (Å²) in [5, 5.41) is 15.0. The minimum absolute atomic E-state index is 0.00136. The lowest BCUT2D eigenvalue weighted by molar-refractivity contribution is -0.131. The van der Waals surface area contributed by atoms with Gasteiger partial charge in [-0.25, -0.2) is 0 Å². The molecular weight excluding hydrogens is 192 g/mol. The summed E-state index contributed by atoms with van der Waals surface area (Å²) >= 11 is 0. The van der Waals surface area contributed by atoms with E-state index in [1.165, 1.54) is 0 Å². The molecule has 1 unspecified atom stereocenters. The van der Waals surface area contributed by atoms with Gasteiger partial charge in [-0.15, -0.1) is 0 Å². The molecule has 2 atom stereocenters. The van der Waals surface area contributed by atoms with Crippen molar-refractivity contribution < 1.29 is 9.90 Å². The molecule has 15 heavy (non-hydrogen) atoms. The van der Waals surface area contributed by atoms with Crippen LogP contribution in [0.4, 0.5) is 0 Å². The summed E-state index contributed by atoms with van der Waals surface area (Å²) in [6.45, 7) is 5.61. The van der Waals surface area contributed by atoms with E-state index in [9.17, 15) is 4.79 Å². The van der Waals surface area contributed by atoms with E-state index in [1.807, 2.05) is 6.92 Å². The van der Waals surface area contributed by atoms with Crippen molar-refractivity contribution in [2.24, 2.45) is 5.41 Å². The normalized spacial score (nSPS) is 27.7. The fourth-order valence-corrected chi connectivity index (χ4v) is 2.17. The zero-order valence-corrected chi connectivity index (χ0v) is 9.68. The molecule has 0 spiro atoms. The second kappa shape index (κ2) is 5.47. The zero-order chi connectivity index (χ0) is 11.3. The fraction of sp³-hybridized carbons (Fsp3) is 0.909. The van der Waals surface area contributed by atoms with E-state index in [0.29, 0.717) is 0 Å². The molecule has 0 bridgehead atoms. The van der Waals surface area contributed by atoms with Gasteiger partial charge in [0.1, 0.15) is 0 Å². The van der Waals surface area contributed by atoms with Crippen LogP contribution in [0, 0.1) is 5.41 Å². The minimum atomic E-state index is -0.238. The largest absolute Gasteiger partial charge is 0.394 e. The molecule has 0 aliphatic carbocycles. The molecule has 3 N–H and O–H groups in total. The molecule has 1 rings (SSSR count). The van der Waals surface area contributed by atoms with E-state index in [1.54, 1.807) is 0 Å². The quantitative estimate of drug-likeness (QED) is 0.615. The number of amides is 1. The number of carbonyl (C=O) groups excluding carboxylic acids is 1. The van der Waals surface area contributed by atoms with Crippen LogP contribution in [0.3, 0.4) is 0 Å². The third kappa shape index (κ3) is 2.92. The average Bonchev–Trinajstić information content (AvgIpc) is 2.68. The number of aliphatic hydroxyl groups is 1. The first-order valence-corrected chi connectivity index (χ1v) is 5.77. The molecular formula is C11H22N2O2. The summed E-state index contributed by atoms with van der Waals surface area (Å²) in [7, 11) is 0. The average molecular weight is 214 g/mol. The highest BCUT2D eigenvalue weighted by molar-refractivity contribution is 5.83. The number of nitrogens with one attached hydrogen (secondary N) is 2. The van der Waals surface area contributed by atoms with Crippen LogP contribution in [-0.2, 0) is 4.79 Å². The molecule has 88 valence electrons. The summed E-state index contributed by atoms with van der Waals surface area (Å²) in [4.78, 5) is 12.1. The molecule has 1 saturated heterocycles. The first kappa shape index (κ1) is 12.5. The summed E-state index contributed by atoms with van der Waals surface area (Å²) < 4.78 is 0. The van der Waals surface area contributed by atoms with Gasteiger partial charge in [0.05, 0.1) is 12.0 Å². The van der Waals surface area contributed by atoms with Crippen molar-refractivity contribution >= 4 is 5.91 Å². The Morgan fingerprint density at radius 2 is 2.40 bits per heavy atom. The highest BCUT2D eigenvalue weighted by Crippen LogP contribution is 2.31. The van der Waals surface area contributed by atoms with Crippen LogP contribution in [0.1, 0.15) is 33.1 Å². The zero-order valence-electron chi connectivity index (χ0n) is 9.68. The van der Waals surface area contributed by atoms with Gasteiger partial charge >= 0.3 is 0 Å². The molecule has 1 aliphatic rings. The van der Waals surface area contributed by atoms with Crippen molar-refractivity contribution in [1.29, 1.82) is 0 Å². The molecule has 4 nitrogen and oxygen atoms in total. The van der Waals surface area contributed by atoms with Gasteiger partial charge in [0.15, 0.2) is 0 Å². The maximum atomic E-state index is 12.1. The monoisotopic (exact) mass is 214 g/mol. The Balaban J connectivity index is 2.59. The highest BCUT2D eigenvalue weighted by atomic mass is 16.3. The SMILES string of the molecule is CCCC1(C(=O)N[C@@H](C)CO)CCNC1. The van der Waals surface area contributed by atoms with Gasteiger partial charge in [-0.05, 0) is 26.3 Å². The second-order valence-electron chi connectivity index (χ2n) is 4.51. The van der Waals surface area contributed by atoms with Crippen LogP contribution in [0.5, 0.6) is 0 Å². The van der Waals surface area contributed by atoms with Crippen molar-refractivity contribution in [3.05, 3.63) is 0 Å². The molecule has 0 aromatic rings. The van der Waals surface area contributed by atoms with E-state index < -0.39 is 0 Å². The Morgan fingerprint density at radius 1 is 1.67 bits per heavy atom. The Bertz CT molecular complexity index is 213. The highest BCUT2D eigenvalue weighted by Gasteiger charge is 2.40. The molecule has 1 aliphatic heterocycles. The molecule has 0 aromatic heterocycles. The van der Waals surface area contributed by atoms with E-state index in [2.05, 4.69) is 17.6 Å². The third-order valence-corrected chi connectivity index (χ3v) is 3.11. The third-order valence-electron chi connectivity index (χ3n) is 3.11. The van der Waals surface area contributed by atoms with E-state index in [0.717, 1.165) is 32.4 Å². The maximum absolute atomic E-state index is 12.1. The van der Waals surface area contributed by atoms with Crippen LogP contribution < -0.4 is 10.6 Å². The Labute approximate surface area is 91.4 Å². The molecule has 1 amide bonds. The lowest BCUT2D eigenvalue weighted by Gasteiger charge is -2.28. The number of aliphatic hydroxyl groups excluding tert-OH is 1. The van der Waals surface area contributed by atoms with Crippen molar-refractivity contribution in [2.45, 2.75) is 39.2 Å². The topological polar surface area (TPSA) is 61.4 Å². The van der Waals surface area contributed by atoms with Gasteiger partial charge in [-0.2, -0.15) is 0 Å². The minimum Gasteiger partial charge on any atom is -0.394 e. The smallest absolute Gasteiger partial charge is 0.227 e. The van der Waals surface area contributed by atoms with Crippen LogP contribution in [0.15, 0.2) is 0 Å². The Kier molecular flexibility index (Phi) is 4.54. The van der Waals surface area contributed by atoms with E-state index in [4.69, 9.17) is 5.11 Å². The molecule has 1 heterocycles.